The molecule has 4 rings (SSSR count). The van der Waals surface area contributed by atoms with E-state index < -0.39 is 34.5 Å². The van der Waals surface area contributed by atoms with Crippen LogP contribution in [0.4, 0.5) is 23.8 Å². The van der Waals surface area contributed by atoms with Crippen molar-refractivity contribution in [3.05, 3.63) is 64.9 Å². The number of pyridine rings is 1. The first-order valence-electron chi connectivity index (χ1n) is 13.5. The van der Waals surface area contributed by atoms with E-state index in [2.05, 4.69) is 20.3 Å². The quantitative estimate of drug-likeness (QED) is 0.347. The molecule has 11 heteroatoms. The van der Waals surface area contributed by atoms with E-state index in [1.807, 2.05) is 32.9 Å². The topological polar surface area (TPSA) is 100 Å². The Kier molecular flexibility index (Phi) is 8.05. The molecule has 1 unspecified atom stereocenters. The van der Waals surface area contributed by atoms with E-state index in [4.69, 9.17) is 4.74 Å². The lowest BCUT2D eigenvalue weighted by molar-refractivity contribution is -0.170. The third-order valence-electron chi connectivity index (χ3n) is 6.85. The first-order chi connectivity index (χ1) is 19.0. The number of rotatable bonds is 6. The van der Waals surface area contributed by atoms with E-state index in [9.17, 15) is 18.7 Å². The molecule has 3 heterocycles. The Balaban J connectivity index is 1.63. The minimum atomic E-state index is -3.81. The summed E-state index contributed by atoms with van der Waals surface area (Å²) < 4.78 is 50.6. The molecule has 1 aliphatic rings. The lowest BCUT2D eigenvalue weighted by atomic mass is 9.91. The number of amides is 1. The van der Waals surface area contributed by atoms with Crippen LogP contribution >= 0.6 is 0 Å². The van der Waals surface area contributed by atoms with Gasteiger partial charge in [0.2, 0.25) is 0 Å². The van der Waals surface area contributed by atoms with E-state index in [0.29, 0.717) is 42.2 Å². The van der Waals surface area contributed by atoms with Crippen LogP contribution in [0.3, 0.4) is 0 Å². The number of nitrogens with one attached hydrogen (secondary N) is 1. The molecule has 1 aromatic carbocycles. The van der Waals surface area contributed by atoms with Crippen molar-refractivity contribution in [2.75, 3.05) is 18.4 Å². The van der Waals surface area contributed by atoms with Crippen molar-refractivity contribution < 1.29 is 27.8 Å². The van der Waals surface area contributed by atoms with Gasteiger partial charge in [-0.25, -0.2) is 24.1 Å². The van der Waals surface area contributed by atoms with Gasteiger partial charge < -0.3 is 20.1 Å². The highest BCUT2D eigenvalue weighted by molar-refractivity contribution is 5.89. The van der Waals surface area contributed by atoms with Crippen LogP contribution < -0.4 is 5.32 Å². The summed E-state index contributed by atoms with van der Waals surface area (Å²) in [5.74, 6) is -4.10. The normalized spacial score (nSPS) is 15.5. The molecule has 3 aromatic rings. The number of hydrogen-bond donors (Lipinski definition) is 2. The maximum Gasteiger partial charge on any atom is 0.410 e. The monoisotopic (exact) mass is 571 g/mol. The van der Waals surface area contributed by atoms with Gasteiger partial charge in [-0.15, -0.1) is 0 Å². The molecule has 220 valence electrons. The summed E-state index contributed by atoms with van der Waals surface area (Å²) >= 11 is 0. The fourth-order valence-electron chi connectivity index (χ4n) is 4.57. The second-order valence-corrected chi connectivity index (χ2v) is 11.8. The molecule has 2 N–H and O–H groups in total. The Morgan fingerprint density at radius 2 is 1.88 bits per heavy atom. The zero-order valence-corrected chi connectivity index (χ0v) is 24.3. The van der Waals surface area contributed by atoms with Crippen LogP contribution in [0, 0.1) is 12.7 Å². The Labute approximate surface area is 237 Å². The predicted octanol–water partition coefficient (Wildman–Crippen LogP) is 6.53. The Morgan fingerprint density at radius 1 is 1.17 bits per heavy atom. The van der Waals surface area contributed by atoms with E-state index in [0.717, 1.165) is 31.1 Å². The first kappa shape index (κ1) is 30.2. The largest absolute Gasteiger partial charge is 0.444 e. The molecule has 0 spiro atoms. The van der Waals surface area contributed by atoms with Crippen LogP contribution in [-0.4, -0.2) is 55.3 Å². The highest BCUT2D eigenvalue weighted by Crippen LogP contribution is 2.41. The summed E-state index contributed by atoms with van der Waals surface area (Å²) in [7, 11) is 0. The van der Waals surface area contributed by atoms with Gasteiger partial charge in [0.25, 0.3) is 0 Å². The molecule has 1 aliphatic heterocycles. The van der Waals surface area contributed by atoms with Gasteiger partial charge in [-0.2, -0.15) is 8.78 Å². The van der Waals surface area contributed by atoms with Gasteiger partial charge in [0.15, 0.2) is 5.65 Å². The number of alkyl halides is 2. The fourth-order valence-corrected chi connectivity index (χ4v) is 4.57. The SMILES string of the molecule is Cc1nc(NC(C)c2cccc(C(F)(F)C(C)(C)O)c2F)c2cc(C3=CCN(C(=O)OC(C)(C)C)CC3)cnc2n1. The third kappa shape index (κ3) is 6.45. The highest BCUT2D eigenvalue weighted by Gasteiger charge is 2.49. The van der Waals surface area contributed by atoms with Gasteiger partial charge in [-0.1, -0.05) is 18.2 Å². The van der Waals surface area contributed by atoms with Gasteiger partial charge in [0.05, 0.1) is 17.0 Å². The number of aryl methyl sites for hydroxylation is 1. The number of carbonyl (C=O) groups is 1. The number of hydrogen-bond acceptors (Lipinski definition) is 7. The van der Waals surface area contributed by atoms with E-state index >= 15 is 4.39 Å². The average molecular weight is 572 g/mol. The fraction of sp³-hybridized carbons (Fsp3) is 0.467. The molecule has 0 saturated carbocycles. The molecule has 0 radical (unpaired) electrons. The average Bonchev–Trinajstić information content (AvgIpc) is 2.87. The Bertz CT molecular complexity index is 1500. The smallest absolute Gasteiger partial charge is 0.410 e. The van der Waals surface area contributed by atoms with Crippen molar-refractivity contribution in [1.29, 1.82) is 0 Å². The molecular weight excluding hydrogens is 535 g/mol. The van der Waals surface area contributed by atoms with E-state index in [-0.39, 0.29) is 11.7 Å². The van der Waals surface area contributed by atoms with Crippen molar-refractivity contribution in [3.8, 4) is 0 Å². The number of carbonyl (C=O) groups excluding carboxylic acids is 1. The molecular formula is C30H36F3N5O3. The minimum Gasteiger partial charge on any atom is -0.444 e. The maximum absolute atomic E-state index is 15.4. The number of aromatic nitrogens is 3. The molecule has 41 heavy (non-hydrogen) atoms. The maximum atomic E-state index is 15.4. The molecule has 0 saturated heterocycles. The first-order valence-corrected chi connectivity index (χ1v) is 13.5. The van der Waals surface area contributed by atoms with Gasteiger partial charge in [0.1, 0.15) is 28.7 Å². The number of aliphatic hydroxyl groups is 1. The van der Waals surface area contributed by atoms with Crippen LogP contribution in [0.5, 0.6) is 0 Å². The standard InChI is InChI=1S/C30H36F3N5O3/c1-17(21-9-8-10-23(24(21)31)30(32,33)29(6,7)40)35-26-22-15-20(16-34-25(22)36-18(2)37-26)19-11-13-38(14-12-19)27(39)41-28(3,4)5/h8-11,15-17,40H,12-14H2,1-7H3,(H,34,35,36,37). The number of nitrogens with zero attached hydrogens (tertiary/aromatic N) is 4. The lowest BCUT2D eigenvalue weighted by Gasteiger charge is -2.30. The van der Waals surface area contributed by atoms with Gasteiger partial charge in [0, 0.05) is 24.8 Å². The van der Waals surface area contributed by atoms with E-state index in [1.54, 1.807) is 24.9 Å². The zero-order valence-electron chi connectivity index (χ0n) is 24.3. The molecule has 8 nitrogen and oxygen atoms in total. The molecule has 2 aromatic heterocycles. The van der Waals surface area contributed by atoms with Crippen LogP contribution in [-0.2, 0) is 10.7 Å². The molecule has 0 fully saturated rings. The summed E-state index contributed by atoms with van der Waals surface area (Å²) in [6.07, 6.45) is 3.88. The second-order valence-electron chi connectivity index (χ2n) is 11.8. The lowest BCUT2D eigenvalue weighted by Crippen LogP contribution is -2.41. The summed E-state index contributed by atoms with van der Waals surface area (Å²) in [4.78, 5) is 27.5. The number of anilines is 1. The number of ether oxygens (including phenoxy) is 1. The van der Waals surface area contributed by atoms with Crippen LogP contribution in [0.1, 0.15) is 76.5 Å². The summed E-state index contributed by atoms with van der Waals surface area (Å²) in [6, 6.07) is 4.85. The van der Waals surface area contributed by atoms with Crippen molar-refractivity contribution in [1.82, 2.24) is 19.9 Å². The van der Waals surface area contributed by atoms with Crippen LogP contribution in [0.15, 0.2) is 36.5 Å². The number of benzene rings is 1. The number of halogens is 3. The molecule has 0 bridgehead atoms. The molecule has 1 atom stereocenters. The van der Waals surface area contributed by atoms with Crippen molar-refractivity contribution >= 4 is 28.5 Å². The predicted molar refractivity (Wildman–Crippen MR) is 151 cm³/mol. The summed E-state index contributed by atoms with van der Waals surface area (Å²) in [6.45, 7) is 11.6. The van der Waals surface area contributed by atoms with Crippen LogP contribution in [0.2, 0.25) is 0 Å². The Hall–Kier alpha value is -3.73. The second kappa shape index (κ2) is 10.9. The minimum absolute atomic E-state index is 0.00261. The Morgan fingerprint density at radius 3 is 2.49 bits per heavy atom. The zero-order chi connectivity index (χ0) is 30.3. The summed E-state index contributed by atoms with van der Waals surface area (Å²) in [5, 5.41) is 13.7. The third-order valence-corrected chi connectivity index (χ3v) is 6.85. The molecule has 1 amide bonds. The van der Waals surface area contributed by atoms with Gasteiger partial charge >= 0.3 is 12.0 Å². The van der Waals surface area contributed by atoms with Gasteiger partial charge in [-0.05, 0) is 78.2 Å². The summed E-state index contributed by atoms with van der Waals surface area (Å²) in [5.41, 5.74) is -1.68. The van der Waals surface area contributed by atoms with E-state index in [1.165, 1.54) is 12.1 Å². The van der Waals surface area contributed by atoms with Gasteiger partial charge in [-0.3, -0.25) is 0 Å². The molecule has 0 aliphatic carbocycles. The van der Waals surface area contributed by atoms with Crippen LogP contribution in [0.25, 0.3) is 16.6 Å². The van der Waals surface area contributed by atoms with Crippen molar-refractivity contribution in [2.24, 2.45) is 0 Å². The number of fused-ring (bicyclic) bond motifs is 1. The highest BCUT2D eigenvalue weighted by atomic mass is 19.3. The van der Waals surface area contributed by atoms with Crippen molar-refractivity contribution in [3.63, 3.8) is 0 Å². The van der Waals surface area contributed by atoms with Crippen molar-refractivity contribution in [2.45, 2.75) is 78.1 Å².